The first-order valence-electron chi connectivity index (χ1n) is 9.05. The second-order valence-electron chi connectivity index (χ2n) is 6.84. The first-order valence-corrected chi connectivity index (χ1v) is 10.1. The fourth-order valence-electron chi connectivity index (χ4n) is 3.16. The van der Waals surface area contributed by atoms with E-state index in [1.807, 2.05) is 36.0 Å². The van der Waals surface area contributed by atoms with Gasteiger partial charge in [-0.05, 0) is 18.9 Å². The quantitative estimate of drug-likeness (QED) is 0.707. The number of rotatable bonds is 6. The van der Waals surface area contributed by atoms with E-state index in [1.54, 1.807) is 14.1 Å². The van der Waals surface area contributed by atoms with E-state index in [0.29, 0.717) is 16.6 Å². The molecule has 1 saturated carbocycles. The van der Waals surface area contributed by atoms with Crippen LogP contribution >= 0.6 is 11.8 Å². The summed E-state index contributed by atoms with van der Waals surface area (Å²) in [6, 6.07) is 7.65. The fourth-order valence-corrected chi connectivity index (χ4v) is 4.52. The van der Waals surface area contributed by atoms with Gasteiger partial charge < -0.3 is 14.1 Å². The van der Waals surface area contributed by atoms with Crippen LogP contribution in [0.5, 0.6) is 0 Å². The molecule has 5 nitrogen and oxygen atoms in total. The zero-order valence-electron chi connectivity index (χ0n) is 15.3. The standard InChI is InChI=1S/C20H25NO4S/c1-21(2)18(22)12-24-20(23)19-16(13-26-14-8-4-3-5-9-14)15-10-6-7-11-17(15)25-19/h6-7,10-11,14H,3-5,8-9,12-13H2,1-2H3. The molecule has 1 aliphatic rings. The van der Waals surface area contributed by atoms with Gasteiger partial charge in [0.2, 0.25) is 5.76 Å². The molecule has 0 N–H and O–H groups in total. The Labute approximate surface area is 158 Å². The molecule has 140 valence electrons. The molecule has 0 atom stereocenters. The van der Waals surface area contributed by atoms with Crippen molar-refractivity contribution in [3.63, 3.8) is 0 Å². The third-order valence-electron chi connectivity index (χ3n) is 4.72. The minimum absolute atomic E-state index is 0.223. The number of esters is 1. The van der Waals surface area contributed by atoms with Crippen molar-refractivity contribution in [2.24, 2.45) is 0 Å². The van der Waals surface area contributed by atoms with Gasteiger partial charge >= 0.3 is 5.97 Å². The molecular formula is C20H25NO4S. The molecule has 6 heteroatoms. The Kier molecular flexibility index (Phi) is 6.25. The van der Waals surface area contributed by atoms with Gasteiger partial charge in [-0.3, -0.25) is 4.79 Å². The molecule has 3 rings (SSSR count). The lowest BCUT2D eigenvalue weighted by Crippen LogP contribution is -2.27. The maximum atomic E-state index is 12.5. The molecule has 1 fully saturated rings. The molecule has 26 heavy (non-hydrogen) atoms. The molecule has 0 saturated heterocycles. The number of benzene rings is 1. The summed E-state index contributed by atoms with van der Waals surface area (Å²) in [6.07, 6.45) is 6.36. The van der Waals surface area contributed by atoms with Crippen molar-refractivity contribution < 1.29 is 18.7 Å². The summed E-state index contributed by atoms with van der Waals surface area (Å²) < 4.78 is 11.0. The van der Waals surface area contributed by atoms with Crippen molar-refractivity contribution in [3.05, 3.63) is 35.6 Å². The Hall–Kier alpha value is -1.95. The number of nitrogens with zero attached hydrogens (tertiary/aromatic N) is 1. The Balaban J connectivity index is 1.77. The van der Waals surface area contributed by atoms with Gasteiger partial charge in [0.05, 0.1) is 0 Å². The summed E-state index contributed by atoms with van der Waals surface area (Å²) in [5, 5.41) is 1.58. The smallest absolute Gasteiger partial charge is 0.375 e. The van der Waals surface area contributed by atoms with E-state index in [4.69, 9.17) is 9.15 Å². The van der Waals surface area contributed by atoms with Crippen LogP contribution in [-0.2, 0) is 15.3 Å². The van der Waals surface area contributed by atoms with Crippen molar-refractivity contribution >= 4 is 34.6 Å². The first-order chi connectivity index (χ1) is 12.6. The highest BCUT2D eigenvalue weighted by Crippen LogP contribution is 2.35. The number of amides is 1. The van der Waals surface area contributed by atoms with Gasteiger partial charge in [-0.25, -0.2) is 4.79 Å². The lowest BCUT2D eigenvalue weighted by molar-refractivity contribution is -0.132. The van der Waals surface area contributed by atoms with Gasteiger partial charge in [-0.1, -0.05) is 37.5 Å². The number of hydrogen-bond acceptors (Lipinski definition) is 5. The van der Waals surface area contributed by atoms with Crippen molar-refractivity contribution in [2.75, 3.05) is 20.7 Å². The third-order valence-corrected chi connectivity index (χ3v) is 6.12. The normalized spacial score (nSPS) is 15.2. The molecular weight excluding hydrogens is 350 g/mol. The van der Waals surface area contributed by atoms with Crippen LogP contribution in [0.15, 0.2) is 28.7 Å². The SMILES string of the molecule is CN(C)C(=O)COC(=O)c1oc2ccccc2c1CSC1CCCCC1. The molecule has 2 aromatic rings. The molecule has 0 bridgehead atoms. The maximum Gasteiger partial charge on any atom is 0.375 e. The summed E-state index contributed by atoms with van der Waals surface area (Å²) in [7, 11) is 3.26. The molecule has 0 aliphatic heterocycles. The van der Waals surface area contributed by atoms with E-state index in [-0.39, 0.29) is 18.3 Å². The predicted molar refractivity (Wildman–Crippen MR) is 103 cm³/mol. The van der Waals surface area contributed by atoms with Gasteiger partial charge in [0.15, 0.2) is 6.61 Å². The molecule has 0 radical (unpaired) electrons. The Morgan fingerprint density at radius 3 is 2.65 bits per heavy atom. The summed E-state index contributed by atoms with van der Waals surface area (Å²) in [4.78, 5) is 25.6. The van der Waals surface area contributed by atoms with Crippen molar-refractivity contribution in [1.82, 2.24) is 4.90 Å². The summed E-state index contributed by atoms with van der Waals surface area (Å²) in [5.74, 6) is 0.109. The highest BCUT2D eigenvalue weighted by atomic mass is 32.2. The maximum absolute atomic E-state index is 12.5. The number of thioether (sulfide) groups is 1. The minimum atomic E-state index is -0.573. The third kappa shape index (κ3) is 4.41. The average molecular weight is 375 g/mol. The zero-order chi connectivity index (χ0) is 18.5. The molecule has 0 spiro atoms. The molecule has 0 unspecified atom stereocenters. The highest BCUT2D eigenvalue weighted by molar-refractivity contribution is 7.99. The number of fused-ring (bicyclic) bond motifs is 1. The van der Waals surface area contributed by atoms with Gasteiger partial charge in [-0.15, -0.1) is 0 Å². The van der Waals surface area contributed by atoms with E-state index in [0.717, 1.165) is 10.9 Å². The van der Waals surface area contributed by atoms with E-state index < -0.39 is 5.97 Å². The van der Waals surface area contributed by atoms with Gasteiger partial charge in [0.1, 0.15) is 5.58 Å². The van der Waals surface area contributed by atoms with Crippen molar-refractivity contribution in [1.29, 1.82) is 0 Å². The second kappa shape index (κ2) is 8.62. The highest BCUT2D eigenvalue weighted by Gasteiger charge is 2.24. The number of carbonyl (C=O) groups excluding carboxylic acids is 2. The number of para-hydroxylation sites is 1. The van der Waals surface area contributed by atoms with Crippen LogP contribution in [0.1, 0.15) is 48.2 Å². The lowest BCUT2D eigenvalue weighted by atomic mass is 10.0. The molecule has 1 aromatic heterocycles. The molecule has 1 heterocycles. The monoisotopic (exact) mass is 375 g/mol. The molecule has 1 amide bonds. The van der Waals surface area contributed by atoms with E-state index >= 15 is 0 Å². The molecule has 1 aliphatic carbocycles. The average Bonchev–Trinajstić information content (AvgIpc) is 3.03. The predicted octanol–water partition coefficient (Wildman–Crippen LogP) is 4.24. The van der Waals surface area contributed by atoms with Gasteiger partial charge in [-0.2, -0.15) is 11.8 Å². The van der Waals surface area contributed by atoms with Crippen LogP contribution < -0.4 is 0 Å². The van der Waals surface area contributed by atoms with E-state index in [1.165, 1.54) is 37.0 Å². The fraction of sp³-hybridized carbons (Fsp3) is 0.500. The van der Waals surface area contributed by atoms with Gasteiger partial charge in [0, 0.05) is 36.0 Å². The lowest BCUT2D eigenvalue weighted by Gasteiger charge is -2.20. The number of likely N-dealkylation sites (N-methyl/N-ethyl adjacent to an activating group) is 1. The van der Waals surface area contributed by atoms with Crippen LogP contribution in [0.3, 0.4) is 0 Å². The first kappa shape index (κ1) is 18.8. The number of carbonyl (C=O) groups is 2. The second-order valence-corrected chi connectivity index (χ2v) is 8.13. The minimum Gasteiger partial charge on any atom is -0.450 e. The van der Waals surface area contributed by atoms with Crippen LogP contribution in [0.4, 0.5) is 0 Å². The summed E-state index contributed by atoms with van der Waals surface area (Å²) >= 11 is 1.89. The number of ether oxygens (including phenoxy) is 1. The van der Waals surface area contributed by atoms with Gasteiger partial charge in [0.25, 0.3) is 5.91 Å². The van der Waals surface area contributed by atoms with Crippen molar-refractivity contribution in [2.45, 2.75) is 43.1 Å². The van der Waals surface area contributed by atoms with Crippen molar-refractivity contribution in [3.8, 4) is 0 Å². The van der Waals surface area contributed by atoms with Crippen LogP contribution in [-0.4, -0.2) is 42.7 Å². The Morgan fingerprint density at radius 1 is 1.19 bits per heavy atom. The van der Waals surface area contributed by atoms with Crippen LogP contribution in [0.2, 0.25) is 0 Å². The van der Waals surface area contributed by atoms with Crippen LogP contribution in [0, 0.1) is 0 Å². The topological polar surface area (TPSA) is 59.8 Å². The zero-order valence-corrected chi connectivity index (χ0v) is 16.1. The van der Waals surface area contributed by atoms with E-state index in [9.17, 15) is 9.59 Å². The Morgan fingerprint density at radius 2 is 1.92 bits per heavy atom. The molecule has 1 aromatic carbocycles. The van der Waals surface area contributed by atoms with Crippen LogP contribution in [0.25, 0.3) is 11.0 Å². The van der Waals surface area contributed by atoms with E-state index in [2.05, 4.69) is 0 Å². The summed E-state index contributed by atoms with van der Waals surface area (Å²) in [5.41, 5.74) is 1.55. The largest absolute Gasteiger partial charge is 0.450 e. The number of furan rings is 1. The Bertz CT molecular complexity index is 777. The number of hydrogen-bond donors (Lipinski definition) is 0. The summed E-state index contributed by atoms with van der Waals surface area (Å²) in [6.45, 7) is -0.280.